The average molecular weight is 305 g/mol. The summed E-state index contributed by atoms with van der Waals surface area (Å²) in [5.74, 6) is 2.51. The first-order valence-corrected chi connectivity index (χ1v) is 8.48. The first-order chi connectivity index (χ1) is 10.9. The van der Waals surface area contributed by atoms with E-state index in [0.29, 0.717) is 6.61 Å². The molecule has 22 heavy (non-hydrogen) atoms. The zero-order valence-electron chi connectivity index (χ0n) is 13.5. The van der Waals surface area contributed by atoms with Gasteiger partial charge in [0.05, 0.1) is 13.7 Å². The first-order valence-electron chi connectivity index (χ1n) is 8.48. The fourth-order valence-corrected chi connectivity index (χ4v) is 3.38. The van der Waals surface area contributed by atoms with Crippen molar-refractivity contribution < 1.29 is 14.2 Å². The van der Waals surface area contributed by atoms with Crippen molar-refractivity contribution in [2.75, 3.05) is 33.4 Å². The normalized spacial score (nSPS) is 23.2. The summed E-state index contributed by atoms with van der Waals surface area (Å²) in [5.41, 5.74) is 1.27. The van der Waals surface area contributed by atoms with E-state index < -0.39 is 0 Å². The van der Waals surface area contributed by atoms with Gasteiger partial charge in [-0.1, -0.05) is 12.1 Å². The molecule has 2 aliphatic heterocycles. The third-order valence-corrected chi connectivity index (χ3v) is 4.65. The third kappa shape index (κ3) is 3.93. The van der Waals surface area contributed by atoms with Crippen molar-refractivity contribution in [3.63, 3.8) is 0 Å². The third-order valence-electron chi connectivity index (χ3n) is 4.65. The molecule has 3 rings (SSSR count). The van der Waals surface area contributed by atoms with Crippen molar-refractivity contribution in [2.45, 2.75) is 38.2 Å². The lowest BCUT2D eigenvalue weighted by atomic mass is 9.90. The van der Waals surface area contributed by atoms with Gasteiger partial charge in [-0.3, -0.25) is 0 Å². The van der Waals surface area contributed by atoms with Gasteiger partial charge in [-0.15, -0.1) is 0 Å². The smallest absolute Gasteiger partial charge is 0.164 e. The molecule has 0 bridgehead atoms. The minimum atomic E-state index is 0.150. The van der Waals surface area contributed by atoms with E-state index in [4.69, 9.17) is 14.2 Å². The average Bonchev–Trinajstić information content (AvgIpc) is 2.58. The molecule has 2 aliphatic rings. The summed E-state index contributed by atoms with van der Waals surface area (Å²) in [6.07, 6.45) is 5.83. The molecular weight excluding hydrogens is 278 g/mol. The van der Waals surface area contributed by atoms with Crippen LogP contribution >= 0.6 is 0 Å². The molecule has 1 unspecified atom stereocenters. The highest BCUT2D eigenvalue weighted by molar-refractivity contribution is 5.47. The van der Waals surface area contributed by atoms with Crippen LogP contribution in [-0.2, 0) is 11.2 Å². The van der Waals surface area contributed by atoms with Gasteiger partial charge < -0.3 is 19.5 Å². The van der Waals surface area contributed by atoms with E-state index in [0.717, 1.165) is 56.4 Å². The predicted molar refractivity (Wildman–Crippen MR) is 86.8 cm³/mol. The minimum absolute atomic E-state index is 0.150. The van der Waals surface area contributed by atoms with Crippen LogP contribution in [0.2, 0.25) is 0 Å². The van der Waals surface area contributed by atoms with E-state index in [1.807, 2.05) is 6.07 Å². The number of para-hydroxylation sites is 1. The zero-order valence-corrected chi connectivity index (χ0v) is 13.5. The molecule has 0 radical (unpaired) electrons. The number of rotatable bonds is 5. The molecule has 4 nitrogen and oxygen atoms in total. The van der Waals surface area contributed by atoms with Gasteiger partial charge in [0.1, 0.15) is 6.10 Å². The standard InChI is InChI=1S/C18H27NO3/c1-20-17-6-2-4-15(12-14-7-9-19-10-8-14)18(17)22-16-5-3-11-21-13-16/h2,4,6,14,16,19H,3,5,7-13H2,1H3. The Labute approximate surface area is 133 Å². The van der Waals surface area contributed by atoms with Gasteiger partial charge in [-0.05, 0) is 62.7 Å². The van der Waals surface area contributed by atoms with E-state index in [1.165, 1.54) is 18.4 Å². The highest BCUT2D eigenvalue weighted by Crippen LogP contribution is 2.35. The molecule has 1 aromatic carbocycles. The van der Waals surface area contributed by atoms with Crippen LogP contribution in [0.3, 0.4) is 0 Å². The number of hydrogen-bond acceptors (Lipinski definition) is 4. The molecule has 122 valence electrons. The second-order valence-electron chi connectivity index (χ2n) is 6.30. The summed E-state index contributed by atoms with van der Waals surface area (Å²) in [7, 11) is 1.72. The Balaban J connectivity index is 1.75. The molecule has 1 aromatic rings. The first kappa shape index (κ1) is 15.6. The number of ether oxygens (including phenoxy) is 3. The van der Waals surface area contributed by atoms with Gasteiger partial charge in [-0.25, -0.2) is 0 Å². The van der Waals surface area contributed by atoms with Gasteiger partial charge >= 0.3 is 0 Å². The molecule has 0 saturated carbocycles. The maximum atomic E-state index is 6.28. The van der Waals surface area contributed by atoms with Crippen LogP contribution in [0.5, 0.6) is 11.5 Å². The number of methoxy groups -OCH3 is 1. The summed E-state index contributed by atoms with van der Waals surface area (Å²) in [5, 5.41) is 3.43. The summed E-state index contributed by atoms with van der Waals surface area (Å²) < 4.78 is 17.4. The molecule has 1 N–H and O–H groups in total. The van der Waals surface area contributed by atoms with Crippen LogP contribution in [-0.4, -0.2) is 39.5 Å². The second kappa shape index (κ2) is 7.84. The van der Waals surface area contributed by atoms with Crippen LogP contribution in [0.1, 0.15) is 31.2 Å². The highest BCUT2D eigenvalue weighted by atomic mass is 16.5. The SMILES string of the molecule is COc1cccc(CC2CCNCC2)c1OC1CCCOC1. The zero-order chi connectivity index (χ0) is 15.2. The molecule has 0 aromatic heterocycles. The van der Waals surface area contributed by atoms with Gasteiger partial charge in [0, 0.05) is 6.61 Å². The summed E-state index contributed by atoms with van der Waals surface area (Å²) in [6.45, 7) is 3.79. The fourth-order valence-electron chi connectivity index (χ4n) is 3.38. The number of piperidine rings is 1. The van der Waals surface area contributed by atoms with Crippen molar-refractivity contribution in [2.24, 2.45) is 5.92 Å². The van der Waals surface area contributed by atoms with Crippen LogP contribution in [0.15, 0.2) is 18.2 Å². The number of nitrogens with one attached hydrogen (secondary N) is 1. The number of benzene rings is 1. The Morgan fingerprint density at radius 1 is 1.23 bits per heavy atom. The van der Waals surface area contributed by atoms with Crippen molar-refractivity contribution in [3.8, 4) is 11.5 Å². The van der Waals surface area contributed by atoms with Gasteiger partial charge in [0.25, 0.3) is 0 Å². The monoisotopic (exact) mass is 305 g/mol. The Hall–Kier alpha value is -1.26. The minimum Gasteiger partial charge on any atom is -0.493 e. The lowest BCUT2D eigenvalue weighted by molar-refractivity contribution is 0.00594. The fraction of sp³-hybridized carbons (Fsp3) is 0.667. The van der Waals surface area contributed by atoms with Crippen LogP contribution < -0.4 is 14.8 Å². The maximum absolute atomic E-state index is 6.28. The molecule has 1 atom stereocenters. The van der Waals surface area contributed by atoms with Crippen molar-refractivity contribution in [3.05, 3.63) is 23.8 Å². The summed E-state index contributed by atoms with van der Waals surface area (Å²) in [6, 6.07) is 6.24. The van der Waals surface area contributed by atoms with E-state index in [9.17, 15) is 0 Å². The lowest BCUT2D eigenvalue weighted by Crippen LogP contribution is -2.30. The Morgan fingerprint density at radius 3 is 2.82 bits per heavy atom. The molecule has 4 heteroatoms. The van der Waals surface area contributed by atoms with E-state index >= 15 is 0 Å². The van der Waals surface area contributed by atoms with Crippen molar-refractivity contribution >= 4 is 0 Å². The Kier molecular flexibility index (Phi) is 5.57. The van der Waals surface area contributed by atoms with Crippen LogP contribution in [0, 0.1) is 5.92 Å². The van der Waals surface area contributed by atoms with E-state index in [-0.39, 0.29) is 6.10 Å². The Morgan fingerprint density at radius 2 is 2.09 bits per heavy atom. The van der Waals surface area contributed by atoms with Crippen molar-refractivity contribution in [1.82, 2.24) is 5.32 Å². The molecular formula is C18H27NO3. The van der Waals surface area contributed by atoms with Gasteiger partial charge in [-0.2, -0.15) is 0 Å². The maximum Gasteiger partial charge on any atom is 0.164 e. The molecule has 2 heterocycles. The topological polar surface area (TPSA) is 39.7 Å². The Bertz CT molecular complexity index is 465. The summed E-state index contributed by atoms with van der Waals surface area (Å²) >= 11 is 0. The van der Waals surface area contributed by atoms with Gasteiger partial charge in [0.15, 0.2) is 11.5 Å². The van der Waals surface area contributed by atoms with E-state index in [1.54, 1.807) is 7.11 Å². The molecule has 0 spiro atoms. The quantitative estimate of drug-likeness (QED) is 0.908. The van der Waals surface area contributed by atoms with Crippen LogP contribution in [0.25, 0.3) is 0 Å². The van der Waals surface area contributed by atoms with E-state index in [2.05, 4.69) is 17.4 Å². The number of hydrogen-bond donors (Lipinski definition) is 1. The summed E-state index contributed by atoms with van der Waals surface area (Å²) in [4.78, 5) is 0. The van der Waals surface area contributed by atoms with Crippen LogP contribution in [0.4, 0.5) is 0 Å². The molecule has 0 aliphatic carbocycles. The molecule has 0 amide bonds. The largest absolute Gasteiger partial charge is 0.493 e. The molecule has 2 fully saturated rings. The van der Waals surface area contributed by atoms with Gasteiger partial charge in [0.2, 0.25) is 0 Å². The second-order valence-corrected chi connectivity index (χ2v) is 6.30. The predicted octanol–water partition coefficient (Wildman–Crippen LogP) is 2.80. The van der Waals surface area contributed by atoms with Crippen molar-refractivity contribution in [1.29, 1.82) is 0 Å². The lowest BCUT2D eigenvalue weighted by Gasteiger charge is -2.27. The highest BCUT2D eigenvalue weighted by Gasteiger charge is 2.22. The molecule has 2 saturated heterocycles.